The molecule has 0 bridgehead atoms. The molecule has 3 atom stereocenters. The Labute approximate surface area is 79.3 Å². The summed E-state index contributed by atoms with van der Waals surface area (Å²) in [7, 11) is 0. The molecule has 0 saturated carbocycles. The topological polar surface area (TPSA) is 29.3 Å². The molecule has 2 aliphatic heterocycles. The van der Waals surface area contributed by atoms with Crippen LogP contribution in [0.25, 0.3) is 0 Å². The minimum Gasteiger partial charge on any atom is -0.323 e. The Morgan fingerprint density at radius 1 is 1.38 bits per heavy atom. The van der Waals surface area contributed by atoms with E-state index in [2.05, 4.69) is 4.90 Å². The summed E-state index contributed by atoms with van der Waals surface area (Å²) in [6, 6.07) is 0.109. The van der Waals surface area contributed by atoms with Gasteiger partial charge in [-0.3, -0.25) is 4.90 Å². The van der Waals surface area contributed by atoms with Gasteiger partial charge >= 0.3 is 0 Å². The number of nitrogens with zero attached hydrogens (tertiary/aromatic N) is 1. The van der Waals surface area contributed by atoms with E-state index in [9.17, 15) is 4.39 Å². The quantitative estimate of drug-likeness (QED) is 0.618. The summed E-state index contributed by atoms with van der Waals surface area (Å²) >= 11 is 0. The molecular formula is C10H19FN2. The molecule has 0 aliphatic carbocycles. The molecule has 2 nitrogen and oxygen atoms in total. The molecule has 0 aromatic rings. The molecule has 2 fully saturated rings. The maximum absolute atomic E-state index is 13.9. The summed E-state index contributed by atoms with van der Waals surface area (Å²) in [6.45, 7) is 3.91. The van der Waals surface area contributed by atoms with Crippen LogP contribution in [0.4, 0.5) is 4.39 Å². The zero-order chi connectivity index (χ0) is 9.47. The fourth-order valence-electron chi connectivity index (χ4n) is 2.59. The molecule has 3 unspecified atom stereocenters. The zero-order valence-corrected chi connectivity index (χ0v) is 8.30. The zero-order valence-electron chi connectivity index (χ0n) is 8.30. The lowest BCUT2D eigenvalue weighted by Crippen LogP contribution is -2.63. The minimum absolute atomic E-state index is 0.109. The van der Waals surface area contributed by atoms with E-state index in [1.807, 2.05) is 6.92 Å². The van der Waals surface area contributed by atoms with E-state index in [4.69, 9.17) is 5.73 Å². The van der Waals surface area contributed by atoms with Gasteiger partial charge in [-0.15, -0.1) is 0 Å². The predicted molar refractivity (Wildman–Crippen MR) is 51.3 cm³/mol. The summed E-state index contributed by atoms with van der Waals surface area (Å²) in [5, 5.41) is 0. The van der Waals surface area contributed by atoms with Crippen molar-refractivity contribution in [2.24, 2.45) is 5.73 Å². The molecule has 0 spiro atoms. The summed E-state index contributed by atoms with van der Waals surface area (Å²) in [5.41, 5.74) is 5.34. The van der Waals surface area contributed by atoms with Crippen molar-refractivity contribution in [3.05, 3.63) is 0 Å². The van der Waals surface area contributed by atoms with Crippen molar-refractivity contribution in [2.75, 3.05) is 13.1 Å². The second-order valence-electron chi connectivity index (χ2n) is 4.76. The Balaban J connectivity index is 2.10. The Bertz CT molecular complexity index is 193. The molecular weight excluding hydrogens is 167 g/mol. The van der Waals surface area contributed by atoms with Crippen LogP contribution in [-0.2, 0) is 0 Å². The summed E-state index contributed by atoms with van der Waals surface area (Å²) in [5.74, 6) is 0. The highest BCUT2D eigenvalue weighted by molar-refractivity contribution is 5.01. The standard InChI is InChI=1S/C10H19FN2/c1-10(12)5-7-13-6-3-2-4-8(13)9(10)11/h8-9H,2-7,12H2,1H3. The van der Waals surface area contributed by atoms with Gasteiger partial charge in [0.15, 0.2) is 0 Å². The van der Waals surface area contributed by atoms with E-state index in [0.717, 1.165) is 32.4 Å². The number of hydrogen-bond donors (Lipinski definition) is 1. The van der Waals surface area contributed by atoms with Gasteiger partial charge in [-0.1, -0.05) is 6.42 Å². The SMILES string of the molecule is CC1(N)CCN2CCCCC2C1F. The van der Waals surface area contributed by atoms with Gasteiger partial charge in [0.05, 0.1) is 0 Å². The van der Waals surface area contributed by atoms with Gasteiger partial charge in [0.1, 0.15) is 6.17 Å². The Kier molecular flexibility index (Phi) is 2.32. The molecule has 2 saturated heterocycles. The highest BCUT2D eigenvalue weighted by Crippen LogP contribution is 2.32. The van der Waals surface area contributed by atoms with Crippen LogP contribution in [-0.4, -0.2) is 35.7 Å². The second-order valence-corrected chi connectivity index (χ2v) is 4.76. The highest BCUT2D eigenvalue weighted by atomic mass is 19.1. The number of hydrogen-bond acceptors (Lipinski definition) is 2. The van der Waals surface area contributed by atoms with E-state index < -0.39 is 11.7 Å². The van der Waals surface area contributed by atoms with Crippen molar-refractivity contribution in [2.45, 2.75) is 50.4 Å². The fraction of sp³-hybridized carbons (Fsp3) is 1.00. The third-order valence-corrected chi connectivity index (χ3v) is 3.57. The average molecular weight is 186 g/mol. The van der Waals surface area contributed by atoms with Crippen LogP contribution in [0.15, 0.2) is 0 Å². The van der Waals surface area contributed by atoms with Gasteiger partial charge in [-0.05, 0) is 32.7 Å². The number of alkyl halides is 1. The van der Waals surface area contributed by atoms with E-state index in [1.165, 1.54) is 6.42 Å². The van der Waals surface area contributed by atoms with E-state index in [1.54, 1.807) is 0 Å². The molecule has 0 radical (unpaired) electrons. The lowest BCUT2D eigenvalue weighted by atomic mass is 9.80. The molecule has 2 heterocycles. The van der Waals surface area contributed by atoms with Crippen molar-refractivity contribution >= 4 is 0 Å². The van der Waals surface area contributed by atoms with E-state index in [0.29, 0.717) is 0 Å². The number of rotatable bonds is 0. The van der Waals surface area contributed by atoms with Gasteiger partial charge in [0, 0.05) is 18.1 Å². The molecule has 0 aromatic heterocycles. The van der Waals surface area contributed by atoms with Gasteiger partial charge in [-0.25, -0.2) is 4.39 Å². The molecule has 2 aliphatic rings. The third kappa shape index (κ3) is 1.59. The molecule has 2 N–H and O–H groups in total. The molecule has 76 valence electrons. The van der Waals surface area contributed by atoms with Crippen LogP contribution in [0.3, 0.4) is 0 Å². The van der Waals surface area contributed by atoms with E-state index >= 15 is 0 Å². The second kappa shape index (κ2) is 3.21. The Hall–Kier alpha value is -0.150. The fourth-order valence-corrected chi connectivity index (χ4v) is 2.59. The maximum Gasteiger partial charge on any atom is 0.133 e. The van der Waals surface area contributed by atoms with Crippen molar-refractivity contribution in [1.82, 2.24) is 4.90 Å². The predicted octanol–water partition coefficient (Wildman–Crippen LogP) is 1.30. The van der Waals surface area contributed by atoms with Crippen LogP contribution < -0.4 is 5.73 Å². The third-order valence-electron chi connectivity index (χ3n) is 3.57. The average Bonchev–Trinajstić information content (AvgIpc) is 2.13. The summed E-state index contributed by atoms with van der Waals surface area (Å²) in [6.07, 6.45) is 3.35. The Morgan fingerprint density at radius 3 is 2.92 bits per heavy atom. The molecule has 13 heavy (non-hydrogen) atoms. The molecule has 2 rings (SSSR count). The lowest BCUT2D eigenvalue weighted by molar-refractivity contribution is -0.00695. The summed E-state index contributed by atoms with van der Waals surface area (Å²) < 4.78 is 13.9. The molecule has 0 aromatic carbocycles. The van der Waals surface area contributed by atoms with Crippen LogP contribution >= 0.6 is 0 Å². The van der Waals surface area contributed by atoms with E-state index in [-0.39, 0.29) is 6.04 Å². The Morgan fingerprint density at radius 2 is 2.15 bits per heavy atom. The van der Waals surface area contributed by atoms with Crippen molar-refractivity contribution in [3.63, 3.8) is 0 Å². The number of nitrogens with two attached hydrogens (primary N) is 1. The van der Waals surface area contributed by atoms with Crippen molar-refractivity contribution in [3.8, 4) is 0 Å². The normalized spacial score (nSPS) is 47.3. The number of piperidine rings is 2. The molecule has 0 amide bonds. The largest absolute Gasteiger partial charge is 0.323 e. The van der Waals surface area contributed by atoms with Crippen LogP contribution in [0, 0.1) is 0 Å². The molecule has 3 heteroatoms. The lowest BCUT2D eigenvalue weighted by Gasteiger charge is -2.48. The van der Waals surface area contributed by atoms with Gasteiger partial charge in [0.2, 0.25) is 0 Å². The van der Waals surface area contributed by atoms with Crippen LogP contribution in [0.1, 0.15) is 32.6 Å². The number of fused-ring (bicyclic) bond motifs is 1. The smallest absolute Gasteiger partial charge is 0.133 e. The van der Waals surface area contributed by atoms with Gasteiger partial charge in [-0.2, -0.15) is 0 Å². The summed E-state index contributed by atoms with van der Waals surface area (Å²) in [4.78, 5) is 2.28. The van der Waals surface area contributed by atoms with Crippen molar-refractivity contribution in [1.29, 1.82) is 0 Å². The minimum atomic E-state index is -0.832. The van der Waals surface area contributed by atoms with Crippen molar-refractivity contribution < 1.29 is 4.39 Å². The van der Waals surface area contributed by atoms with Crippen LogP contribution in [0.2, 0.25) is 0 Å². The first-order valence-electron chi connectivity index (χ1n) is 5.28. The highest BCUT2D eigenvalue weighted by Gasteiger charge is 2.44. The first kappa shape index (κ1) is 9.41. The van der Waals surface area contributed by atoms with Crippen LogP contribution in [0.5, 0.6) is 0 Å². The van der Waals surface area contributed by atoms with Gasteiger partial charge in [0.25, 0.3) is 0 Å². The van der Waals surface area contributed by atoms with Gasteiger partial charge < -0.3 is 5.73 Å². The first-order chi connectivity index (χ1) is 6.11. The monoisotopic (exact) mass is 186 g/mol. The number of halogens is 1. The first-order valence-corrected chi connectivity index (χ1v) is 5.28. The maximum atomic E-state index is 13.9.